The molecule has 0 aromatic rings. The molecular weight excluding hydrogens is 184 g/mol. The fourth-order valence-corrected chi connectivity index (χ4v) is 1.04. The molecule has 1 atom stereocenters. The molecule has 0 aromatic carbocycles. The Morgan fingerprint density at radius 1 is 1.29 bits per heavy atom. The highest BCUT2D eigenvalue weighted by atomic mass is 16.6. The third-order valence-corrected chi connectivity index (χ3v) is 1.69. The summed E-state index contributed by atoms with van der Waals surface area (Å²) in [7, 11) is 1.26. The molecule has 0 aliphatic heterocycles. The minimum atomic E-state index is -0.611. The van der Waals surface area contributed by atoms with E-state index >= 15 is 0 Å². The van der Waals surface area contributed by atoms with Crippen molar-refractivity contribution in [1.29, 1.82) is 0 Å². The molecule has 0 aromatic heterocycles. The first-order valence-electron chi connectivity index (χ1n) is 4.34. The van der Waals surface area contributed by atoms with E-state index < -0.39 is 18.0 Å². The smallest absolute Gasteiger partial charge is 0.336 e. The summed E-state index contributed by atoms with van der Waals surface area (Å²) < 4.78 is 9.45. The van der Waals surface area contributed by atoms with Crippen LogP contribution in [0, 0.1) is 5.92 Å². The van der Waals surface area contributed by atoms with Crippen molar-refractivity contribution >= 4 is 11.9 Å². The number of hydrogen-bond acceptors (Lipinski definition) is 4. The van der Waals surface area contributed by atoms with Gasteiger partial charge in [0.25, 0.3) is 0 Å². The van der Waals surface area contributed by atoms with E-state index in [9.17, 15) is 9.59 Å². The van der Waals surface area contributed by atoms with Crippen LogP contribution >= 0.6 is 0 Å². The van der Waals surface area contributed by atoms with Gasteiger partial charge in [0.2, 0.25) is 0 Å². The summed E-state index contributed by atoms with van der Waals surface area (Å²) in [5, 5.41) is 0. The van der Waals surface area contributed by atoms with Crippen LogP contribution in [0.4, 0.5) is 0 Å². The van der Waals surface area contributed by atoms with Crippen molar-refractivity contribution in [3.05, 3.63) is 12.2 Å². The Morgan fingerprint density at radius 2 is 1.79 bits per heavy atom. The summed E-state index contributed by atoms with van der Waals surface area (Å²) in [6, 6.07) is 0. The first-order valence-corrected chi connectivity index (χ1v) is 4.34. The summed E-state index contributed by atoms with van der Waals surface area (Å²) in [4.78, 5) is 21.9. The summed E-state index contributed by atoms with van der Waals surface area (Å²) in [5.41, 5.74) is 0.165. The van der Waals surface area contributed by atoms with E-state index in [4.69, 9.17) is 4.74 Å². The molecule has 1 unspecified atom stereocenters. The molecule has 4 nitrogen and oxygen atoms in total. The molecular formula is C10H16O4. The van der Waals surface area contributed by atoms with Crippen LogP contribution in [0.1, 0.15) is 20.8 Å². The molecule has 4 heteroatoms. The lowest BCUT2D eigenvalue weighted by atomic mass is 10.0. The maximum atomic E-state index is 11.1. The molecule has 0 saturated heterocycles. The van der Waals surface area contributed by atoms with E-state index in [0.29, 0.717) is 0 Å². The number of esters is 2. The van der Waals surface area contributed by atoms with E-state index in [-0.39, 0.29) is 11.5 Å². The van der Waals surface area contributed by atoms with Crippen molar-refractivity contribution in [2.24, 2.45) is 5.92 Å². The molecule has 0 aliphatic rings. The molecule has 0 rings (SSSR count). The molecule has 0 radical (unpaired) electrons. The molecule has 0 N–H and O–H groups in total. The minimum absolute atomic E-state index is 0.00880. The van der Waals surface area contributed by atoms with Gasteiger partial charge in [-0.05, 0) is 5.92 Å². The first kappa shape index (κ1) is 12.7. The fraction of sp³-hybridized carbons (Fsp3) is 0.600. The Balaban J connectivity index is 4.57. The Kier molecular flexibility index (Phi) is 4.91. The van der Waals surface area contributed by atoms with Gasteiger partial charge >= 0.3 is 11.9 Å². The van der Waals surface area contributed by atoms with Crippen LogP contribution in [0.15, 0.2) is 12.2 Å². The number of carbonyl (C=O) groups is 2. The Hall–Kier alpha value is -1.32. The molecule has 0 bridgehead atoms. The van der Waals surface area contributed by atoms with Crippen molar-refractivity contribution in [3.63, 3.8) is 0 Å². The second kappa shape index (κ2) is 5.42. The van der Waals surface area contributed by atoms with E-state index in [0.717, 1.165) is 0 Å². The maximum absolute atomic E-state index is 11.1. The van der Waals surface area contributed by atoms with Crippen LogP contribution in [0.5, 0.6) is 0 Å². The van der Waals surface area contributed by atoms with E-state index in [1.54, 1.807) is 0 Å². The van der Waals surface area contributed by atoms with Crippen molar-refractivity contribution in [3.8, 4) is 0 Å². The lowest BCUT2D eigenvalue weighted by molar-refractivity contribution is -0.148. The van der Waals surface area contributed by atoms with E-state index in [1.165, 1.54) is 14.0 Å². The van der Waals surface area contributed by atoms with Gasteiger partial charge in [0.05, 0.1) is 12.7 Å². The highest BCUT2D eigenvalue weighted by Crippen LogP contribution is 2.16. The molecule has 0 fully saturated rings. The lowest BCUT2D eigenvalue weighted by Gasteiger charge is -2.21. The van der Waals surface area contributed by atoms with Gasteiger partial charge in [-0.25, -0.2) is 4.79 Å². The summed E-state index contributed by atoms with van der Waals surface area (Å²) in [5.74, 6) is -0.996. The van der Waals surface area contributed by atoms with Gasteiger partial charge < -0.3 is 9.47 Å². The SMILES string of the molecule is C=C(C(=O)OC)C(OC(C)=O)C(C)C. The van der Waals surface area contributed by atoms with E-state index in [1.807, 2.05) is 13.8 Å². The van der Waals surface area contributed by atoms with Crippen LogP contribution in [0.3, 0.4) is 0 Å². The standard InChI is InChI=1S/C10H16O4/c1-6(2)9(14-8(4)11)7(3)10(12)13-5/h6,9H,3H2,1-2,4-5H3. The van der Waals surface area contributed by atoms with E-state index in [2.05, 4.69) is 11.3 Å². The van der Waals surface area contributed by atoms with Crippen LogP contribution in [0.2, 0.25) is 0 Å². The van der Waals surface area contributed by atoms with Crippen molar-refractivity contribution in [2.75, 3.05) is 7.11 Å². The Morgan fingerprint density at radius 3 is 2.07 bits per heavy atom. The highest BCUT2D eigenvalue weighted by Gasteiger charge is 2.25. The molecule has 0 spiro atoms. The van der Waals surface area contributed by atoms with Gasteiger partial charge in [-0.3, -0.25) is 4.79 Å². The van der Waals surface area contributed by atoms with Crippen molar-refractivity contribution in [2.45, 2.75) is 26.9 Å². The van der Waals surface area contributed by atoms with Crippen LogP contribution in [0.25, 0.3) is 0 Å². The number of carbonyl (C=O) groups excluding carboxylic acids is 2. The summed E-state index contributed by atoms with van der Waals surface area (Å²) in [6.07, 6.45) is -0.611. The van der Waals surface area contributed by atoms with Gasteiger partial charge in [0.15, 0.2) is 0 Å². The van der Waals surface area contributed by atoms with Crippen molar-refractivity contribution in [1.82, 2.24) is 0 Å². The minimum Gasteiger partial charge on any atom is -0.466 e. The molecule has 0 heterocycles. The predicted octanol–water partition coefficient (Wildman–Crippen LogP) is 1.30. The van der Waals surface area contributed by atoms with Gasteiger partial charge in [-0.1, -0.05) is 20.4 Å². The zero-order valence-corrected chi connectivity index (χ0v) is 8.99. The van der Waals surface area contributed by atoms with Crippen LogP contribution < -0.4 is 0 Å². The largest absolute Gasteiger partial charge is 0.466 e. The van der Waals surface area contributed by atoms with Gasteiger partial charge in [0, 0.05) is 6.92 Å². The molecule has 0 aliphatic carbocycles. The maximum Gasteiger partial charge on any atom is 0.336 e. The zero-order valence-electron chi connectivity index (χ0n) is 8.99. The summed E-state index contributed by atoms with van der Waals surface area (Å²) in [6.45, 7) is 8.51. The Labute approximate surface area is 83.9 Å². The zero-order chi connectivity index (χ0) is 11.3. The quantitative estimate of drug-likeness (QED) is 0.507. The number of ether oxygens (including phenoxy) is 2. The predicted molar refractivity (Wildman–Crippen MR) is 51.5 cm³/mol. The molecule has 14 heavy (non-hydrogen) atoms. The summed E-state index contributed by atoms with van der Waals surface area (Å²) >= 11 is 0. The average molecular weight is 200 g/mol. The van der Waals surface area contributed by atoms with Crippen LogP contribution in [-0.4, -0.2) is 25.2 Å². The van der Waals surface area contributed by atoms with Gasteiger partial charge in [0.1, 0.15) is 6.10 Å². The first-order chi connectivity index (χ1) is 6.40. The normalized spacial score (nSPS) is 12.1. The second-order valence-corrected chi connectivity index (χ2v) is 3.29. The number of rotatable bonds is 4. The number of methoxy groups -OCH3 is 1. The van der Waals surface area contributed by atoms with Crippen molar-refractivity contribution < 1.29 is 19.1 Å². The highest BCUT2D eigenvalue weighted by molar-refractivity contribution is 5.89. The molecule has 80 valence electrons. The van der Waals surface area contributed by atoms with Gasteiger partial charge in [-0.2, -0.15) is 0 Å². The molecule has 0 amide bonds. The Bertz CT molecular complexity index is 243. The third kappa shape index (κ3) is 3.60. The second-order valence-electron chi connectivity index (χ2n) is 3.29. The third-order valence-electron chi connectivity index (χ3n) is 1.69. The monoisotopic (exact) mass is 200 g/mol. The van der Waals surface area contributed by atoms with Crippen LogP contribution in [-0.2, 0) is 19.1 Å². The lowest BCUT2D eigenvalue weighted by Crippen LogP contribution is -2.28. The number of hydrogen-bond donors (Lipinski definition) is 0. The topological polar surface area (TPSA) is 52.6 Å². The molecule has 0 saturated carbocycles. The fourth-order valence-electron chi connectivity index (χ4n) is 1.04. The van der Waals surface area contributed by atoms with Gasteiger partial charge in [-0.15, -0.1) is 0 Å². The average Bonchev–Trinajstić information content (AvgIpc) is 2.11.